The smallest absolute Gasteiger partial charge is 0.251 e. The van der Waals surface area contributed by atoms with Crippen molar-refractivity contribution in [2.75, 3.05) is 13.7 Å². The Morgan fingerprint density at radius 2 is 1.88 bits per heavy atom. The van der Waals surface area contributed by atoms with Crippen LogP contribution in [0.15, 0.2) is 36.4 Å². The molecule has 0 aliphatic carbocycles. The molecule has 25 heavy (non-hydrogen) atoms. The van der Waals surface area contributed by atoms with Gasteiger partial charge in [0.05, 0.1) is 7.11 Å². The molecular formula is C21H27NO3. The first-order valence-electron chi connectivity index (χ1n) is 8.70. The van der Waals surface area contributed by atoms with E-state index in [1.165, 1.54) is 11.1 Å². The Kier molecular flexibility index (Phi) is 6.87. The van der Waals surface area contributed by atoms with Gasteiger partial charge in [0.2, 0.25) is 0 Å². The fourth-order valence-electron chi connectivity index (χ4n) is 2.48. The lowest BCUT2D eigenvalue weighted by atomic mass is 10.1. The molecular weight excluding hydrogens is 314 g/mol. The van der Waals surface area contributed by atoms with E-state index in [0.717, 1.165) is 24.2 Å². The van der Waals surface area contributed by atoms with Crippen molar-refractivity contribution < 1.29 is 14.3 Å². The van der Waals surface area contributed by atoms with Gasteiger partial charge in [0.25, 0.3) is 5.91 Å². The molecule has 0 bridgehead atoms. The summed E-state index contributed by atoms with van der Waals surface area (Å²) in [5, 5.41) is 2.93. The van der Waals surface area contributed by atoms with E-state index in [4.69, 9.17) is 9.47 Å². The summed E-state index contributed by atoms with van der Waals surface area (Å²) in [6.07, 6.45) is 2.03. The average molecular weight is 341 g/mol. The van der Waals surface area contributed by atoms with Gasteiger partial charge < -0.3 is 14.8 Å². The second kappa shape index (κ2) is 9.11. The van der Waals surface area contributed by atoms with Gasteiger partial charge in [-0.1, -0.05) is 19.4 Å². The first kappa shape index (κ1) is 18.8. The molecule has 0 aliphatic rings. The lowest BCUT2D eigenvalue weighted by molar-refractivity contribution is 0.0953. The molecule has 0 aliphatic heterocycles. The van der Waals surface area contributed by atoms with Crippen molar-refractivity contribution >= 4 is 5.91 Å². The number of carbonyl (C=O) groups is 1. The summed E-state index contributed by atoms with van der Waals surface area (Å²) in [7, 11) is 1.62. The molecule has 2 aromatic carbocycles. The van der Waals surface area contributed by atoms with Crippen LogP contribution in [-0.2, 0) is 6.61 Å². The van der Waals surface area contributed by atoms with Crippen molar-refractivity contribution in [1.29, 1.82) is 0 Å². The van der Waals surface area contributed by atoms with E-state index in [1.807, 2.05) is 30.3 Å². The maximum absolute atomic E-state index is 12.2. The van der Waals surface area contributed by atoms with Crippen LogP contribution in [0.5, 0.6) is 11.5 Å². The monoisotopic (exact) mass is 341 g/mol. The van der Waals surface area contributed by atoms with Gasteiger partial charge in [0.1, 0.15) is 18.1 Å². The van der Waals surface area contributed by atoms with Crippen molar-refractivity contribution in [3.63, 3.8) is 0 Å². The minimum Gasteiger partial charge on any atom is -0.496 e. The van der Waals surface area contributed by atoms with Gasteiger partial charge in [0.15, 0.2) is 0 Å². The van der Waals surface area contributed by atoms with Crippen LogP contribution in [0.1, 0.15) is 46.8 Å². The molecule has 0 unspecified atom stereocenters. The number of methoxy groups -OCH3 is 1. The normalized spacial score (nSPS) is 10.4. The number of carbonyl (C=O) groups excluding carboxylic acids is 1. The molecule has 134 valence electrons. The number of unbranched alkanes of at least 4 members (excludes halogenated alkanes) is 1. The van der Waals surface area contributed by atoms with Crippen LogP contribution in [-0.4, -0.2) is 19.6 Å². The summed E-state index contributed by atoms with van der Waals surface area (Å²) < 4.78 is 11.3. The molecule has 4 nitrogen and oxygen atoms in total. The Bertz CT molecular complexity index is 725. The maximum atomic E-state index is 12.2. The van der Waals surface area contributed by atoms with Gasteiger partial charge in [-0.3, -0.25) is 4.79 Å². The van der Waals surface area contributed by atoms with Crippen LogP contribution in [0, 0.1) is 13.8 Å². The molecule has 4 heteroatoms. The van der Waals surface area contributed by atoms with Crippen LogP contribution in [0.4, 0.5) is 0 Å². The number of benzene rings is 2. The van der Waals surface area contributed by atoms with Crippen LogP contribution < -0.4 is 14.8 Å². The van der Waals surface area contributed by atoms with Gasteiger partial charge in [-0.15, -0.1) is 0 Å². The zero-order valence-corrected chi connectivity index (χ0v) is 15.5. The third kappa shape index (κ3) is 5.24. The molecule has 1 N–H and O–H groups in total. The van der Waals surface area contributed by atoms with Crippen LogP contribution in [0.2, 0.25) is 0 Å². The summed E-state index contributed by atoms with van der Waals surface area (Å²) in [5.74, 6) is 1.46. The number of rotatable bonds is 8. The molecule has 0 atom stereocenters. The molecule has 0 saturated carbocycles. The first-order chi connectivity index (χ1) is 12.0. The number of hydrogen-bond donors (Lipinski definition) is 1. The molecule has 0 spiro atoms. The number of nitrogens with one attached hydrogen (secondary N) is 1. The van der Waals surface area contributed by atoms with E-state index >= 15 is 0 Å². The second-order valence-corrected chi connectivity index (χ2v) is 6.17. The predicted octanol–water partition coefficient (Wildman–Crippen LogP) is 4.42. The van der Waals surface area contributed by atoms with Gasteiger partial charge >= 0.3 is 0 Å². The van der Waals surface area contributed by atoms with Crippen molar-refractivity contribution in [3.05, 3.63) is 58.7 Å². The standard InChI is InChI=1S/C21H27NO3/c1-5-6-11-22-21(23)17-8-10-20(24-4)18(13-17)14-25-19-9-7-15(2)16(3)12-19/h7-10,12-13H,5-6,11,14H2,1-4H3,(H,22,23). The number of aryl methyl sites for hydroxylation is 2. The largest absolute Gasteiger partial charge is 0.496 e. The summed E-state index contributed by atoms with van der Waals surface area (Å²) in [5.41, 5.74) is 3.89. The number of hydrogen-bond acceptors (Lipinski definition) is 3. The fourth-order valence-corrected chi connectivity index (χ4v) is 2.48. The highest BCUT2D eigenvalue weighted by molar-refractivity contribution is 5.94. The highest BCUT2D eigenvalue weighted by atomic mass is 16.5. The van der Waals surface area contributed by atoms with Gasteiger partial charge in [0, 0.05) is 17.7 Å². The number of amides is 1. The molecule has 0 radical (unpaired) electrons. The Morgan fingerprint density at radius 3 is 2.56 bits per heavy atom. The second-order valence-electron chi connectivity index (χ2n) is 6.17. The minimum absolute atomic E-state index is 0.0662. The number of ether oxygens (including phenoxy) is 2. The van der Waals surface area contributed by atoms with Gasteiger partial charge in [-0.25, -0.2) is 0 Å². The van der Waals surface area contributed by atoms with Gasteiger partial charge in [-0.05, 0) is 61.7 Å². The zero-order chi connectivity index (χ0) is 18.2. The van der Waals surface area contributed by atoms with Crippen LogP contribution in [0.25, 0.3) is 0 Å². The van der Waals surface area contributed by atoms with E-state index in [9.17, 15) is 4.79 Å². The van der Waals surface area contributed by atoms with E-state index in [2.05, 4.69) is 26.1 Å². The quantitative estimate of drug-likeness (QED) is 0.723. The minimum atomic E-state index is -0.0662. The molecule has 2 rings (SSSR count). The SMILES string of the molecule is CCCCNC(=O)c1ccc(OC)c(COc2ccc(C)c(C)c2)c1. The Balaban J connectivity index is 2.10. The third-order valence-electron chi connectivity index (χ3n) is 4.23. The Hall–Kier alpha value is -2.49. The van der Waals surface area contributed by atoms with Crippen LogP contribution in [0.3, 0.4) is 0 Å². The molecule has 0 saturated heterocycles. The van der Waals surface area contributed by atoms with Crippen molar-refractivity contribution in [1.82, 2.24) is 5.32 Å². The fraction of sp³-hybridized carbons (Fsp3) is 0.381. The molecule has 0 aromatic heterocycles. The highest BCUT2D eigenvalue weighted by Gasteiger charge is 2.11. The maximum Gasteiger partial charge on any atom is 0.251 e. The van der Waals surface area contributed by atoms with Crippen molar-refractivity contribution in [2.24, 2.45) is 0 Å². The van der Waals surface area contributed by atoms with Crippen molar-refractivity contribution in [2.45, 2.75) is 40.2 Å². The first-order valence-corrected chi connectivity index (χ1v) is 8.70. The van der Waals surface area contributed by atoms with Crippen molar-refractivity contribution in [3.8, 4) is 11.5 Å². The Labute approximate surface area is 150 Å². The Morgan fingerprint density at radius 1 is 1.08 bits per heavy atom. The summed E-state index contributed by atoms with van der Waals surface area (Å²) in [4.78, 5) is 12.2. The molecule has 0 fully saturated rings. The summed E-state index contributed by atoms with van der Waals surface area (Å²) >= 11 is 0. The third-order valence-corrected chi connectivity index (χ3v) is 4.23. The van der Waals surface area contributed by atoms with E-state index in [0.29, 0.717) is 24.5 Å². The topological polar surface area (TPSA) is 47.6 Å². The lowest BCUT2D eigenvalue weighted by Gasteiger charge is -2.13. The zero-order valence-electron chi connectivity index (χ0n) is 15.5. The molecule has 2 aromatic rings. The van der Waals surface area contributed by atoms with Gasteiger partial charge in [-0.2, -0.15) is 0 Å². The molecule has 1 amide bonds. The molecule has 0 heterocycles. The van der Waals surface area contributed by atoms with E-state index in [1.54, 1.807) is 13.2 Å². The van der Waals surface area contributed by atoms with E-state index < -0.39 is 0 Å². The van der Waals surface area contributed by atoms with E-state index in [-0.39, 0.29) is 5.91 Å². The average Bonchev–Trinajstić information content (AvgIpc) is 2.62. The predicted molar refractivity (Wildman–Crippen MR) is 100 cm³/mol. The summed E-state index contributed by atoms with van der Waals surface area (Å²) in [6.45, 7) is 7.27. The summed E-state index contributed by atoms with van der Waals surface area (Å²) in [6, 6.07) is 11.4. The van der Waals surface area contributed by atoms with Crippen LogP contribution >= 0.6 is 0 Å². The highest BCUT2D eigenvalue weighted by Crippen LogP contribution is 2.23. The lowest BCUT2D eigenvalue weighted by Crippen LogP contribution is -2.24.